The van der Waals surface area contributed by atoms with E-state index in [-0.39, 0.29) is 13.0 Å². The molecule has 1 unspecified atom stereocenters. The number of hydrogen-bond acceptors (Lipinski definition) is 3. The molecule has 1 aliphatic heterocycles. The van der Waals surface area contributed by atoms with Gasteiger partial charge >= 0.3 is 0 Å². The Kier molecular flexibility index (Phi) is 5.67. The molecule has 0 spiro atoms. The van der Waals surface area contributed by atoms with Crippen molar-refractivity contribution < 1.29 is 9.18 Å². The maximum Gasteiger partial charge on any atom is 0.222 e. The summed E-state index contributed by atoms with van der Waals surface area (Å²) in [6.45, 7) is 0.0683. The van der Waals surface area contributed by atoms with E-state index < -0.39 is 27.7 Å². The number of primary amides is 1. The number of nitrogens with one attached hydrogen (secondary N) is 1. The van der Waals surface area contributed by atoms with Gasteiger partial charge in [0.25, 0.3) is 0 Å². The first kappa shape index (κ1) is 19.9. The second-order valence-corrected chi connectivity index (χ2v) is 10.4. The predicted molar refractivity (Wildman–Crippen MR) is 109 cm³/mol. The van der Waals surface area contributed by atoms with Crippen molar-refractivity contribution in [2.24, 2.45) is 17.4 Å². The molecule has 0 radical (unpaired) electrons. The van der Waals surface area contributed by atoms with Gasteiger partial charge in [-0.25, -0.2) is 4.39 Å². The van der Waals surface area contributed by atoms with Crippen LogP contribution >= 0.6 is 33.2 Å². The van der Waals surface area contributed by atoms with Crippen molar-refractivity contribution in [1.82, 2.24) is 10.2 Å². The Morgan fingerprint density at radius 2 is 2.11 bits per heavy atom. The quantitative estimate of drug-likeness (QED) is 0.654. The number of nitrogens with two attached hydrogens (primary N) is 2. The highest BCUT2D eigenvalue weighted by molar-refractivity contribution is 8.44. The first-order valence-electron chi connectivity index (χ1n) is 8.12. The molecule has 0 saturated carbocycles. The molecule has 144 valence electrons. The van der Waals surface area contributed by atoms with Crippen LogP contribution in [0.5, 0.6) is 0 Å². The van der Waals surface area contributed by atoms with Crippen molar-refractivity contribution in [3.8, 4) is 0 Å². The monoisotopic (exact) mass is 428 g/mol. The molecule has 1 aromatic carbocycles. The summed E-state index contributed by atoms with van der Waals surface area (Å²) >= 11 is 12.8. The Morgan fingerprint density at radius 1 is 1.37 bits per heavy atom. The molecule has 1 amide bonds. The van der Waals surface area contributed by atoms with Crippen molar-refractivity contribution in [3.63, 3.8) is 0 Å². The molecule has 0 aliphatic carbocycles. The minimum Gasteiger partial charge on any atom is -0.369 e. The van der Waals surface area contributed by atoms with Gasteiger partial charge in [-0.1, -0.05) is 35.3 Å². The summed E-state index contributed by atoms with van der Waals surface area (Å²) in [7, 11) is -1.84. The molecular weight excluding hydrogens is 410 g/mol. The molecule has 5 nitrogen and oxygen atoms in total. The number of aromatic nitrogens is 2. The van der Waals surface area contributed by atoms with Gasteiger partial charge in [0.2, 0.25) is 5.91 Å². The van der Waals surface area contributed by atoms with Crippen LogP contribution in [0.1, 0.15) is 11.1 Å². The molecule has 1 aromatic heterocycles. The molecule has 2 heterocycles. The Morgan fingerprint density at radius 3 is 2.67 bits per heavy atom. The topological polar surface area (TPSA) is 97.8 Å². The minimum absolute atomic E-state index is 0.0683. The highest BCUT2D eigenvalue weighted by Crippen LogP contribution is 2.73. The normalized spacial score (nSPS) is 23.1. The summed E-state index contributed by atoms with van der Waals surface area (Å²) in [4.78, 5) is 12.2. The summed E-state index contributed by atoms with van der Waals surface area (Å²) in [5.41, 5.74) is 11.9. The van der Waals surface area contributed by atoms with Gasteiger partial charge in [-0.3, -0.25) is 9.89 Å². The molecule has 0 fully saturated rings. The summed E-state index contributed by atoms with van der Waals surface area (Å²) in [6, 6.07) is 6.70. The van der Waals surface area contributed by atoms with Gasteiger partial charge in [0.05, 0.1) is 20.3 Å². The number of rotatable bonds is 6. The maximum absolute atomic E-state index is 14.7. The van der Waals surface area contributed by atoms with Gasteiger partial charge in [0.15, 0.2) is 0 Å². The number of H-pyrrole nitrogens is 1. The Bertz CT molecular complexity index is 945. The minimum atomic E-state index is -1.84. The van der Waals surface area contributed by atoms with E-state index in [4.69, 9.17) is 34.7 Å². The van der Waals surface area contributed by atoms with E-state index in [1.165, 1.54) is 6.07 Å². The van der Waals surface area contributed by atoms with Crippen molar-refractivity contribution in [2.45, 2.75) is 11.4 Å². The molecular formula is C18H19Cl2FN4OS. The van der Waals surface area contributed by atoms with Gasteiger partial charge in [-0.2, -0.15) is 5.10 Å². The van der Waals surface area contributed by atoms with Gasteiger partial charge in [0.1, 0.15) is 5.82 Å². The summed E-state index contributed by atoms with van der Waals surface area (Å²) in [5, 5.41) is 8.22. The Labute approximate surface area is 167 Å². The average molecular weight is 429 g/mol. The molecule has 9 heteroatoms. The zero-order valence-corrected chi connectivity index (χ0v) is 16.8. The van der Waals surface area contributed by atoms with Crippen molar-refractivity contribution in [1.29, 1.82) is 0 Å². The largest absolute Gasteiger partial charge is 0.369 e. The van der Waals surface area contributed by atoms with E-state index in [2.05, 4.69) is 10.2 Å². The Balaban J connectivity index is 1.98. The molecule has 0 saturated heterocycles. The first-order chi connectivity index (χ1) is 12.8. The Hall–Kier alpha value is -1.80. The molecule has 3 rings (SSSR count). The number of amides is 1. The van der Waals surface area contributed by atoms with Crippen LogP contribution < -0.4 is 11.5 Å². The molecule has 2 atom stereocenters. The smallest absolute Gasteiger partial charge is 0.222 e. The van der Waals surface area contributed by atoms with E-state index in [0.29, 0.717) is 20.5 Å². The third-order valence-corrected chi connectivity index (χ3v) is 9.56. The summed E-state index contributed by atoms with van der Waals surface area (Å²) in [6.07, 6.45) is 5.54. The van der Waals surface area contributed by atoms with E-state index >= 15 is 0 Å². The highest BCUT2D eigenvalue weighted by Gasteiger charge is 2.37. The van der Waals surface area contributed by atoms with Crippen LogP contribution in [0.15, 0.2) is 51.0 Å². The lowest BCUT2D eigenvalue weighted by Crippen LogP contribution is -2.31. The van der Waals surface area contributed by atoms with E-state index in [9.17, 15) is 9.18 Å². The molecule has 0 bridgehead atoms. The van der Waals surface area contributed by atoms with Crippen LogP contribution in [0.25, 0.3) is 4.91 Å². The van der Waals surface area contributed by atoms with Gasteiger partial charge < -0.3 is 11.5 Å². The van der Waals surface area contributed by atoms with Gasteiger partial charge in [-0.15, -0.1) is 10.0 Å². The second-order valence-electron chi connectivity index (χ2n) is 6.31. The number of aromatic amines is 1. The van der Waals surface area contributed by atoms with Gasteiger partial charge in [-0.05, 0) is 42.0 Å². The number of halogens is 3. The van der Waals surface area contributed by atoms with Crippen LogP contribution in [-0.4, -0.2) is 28.9 Å². The summed E-state index contributed by atoms with van der Waals surface area (Å²) in [5.74, 6) is -1.58. The predicted octanol–water partition coefficient (Wildman–Crippen LogP) is 3.65. The summed E-state index contributed by atoms with van der Waals surface area (Å²) < 4.78 is 15.3. The third kappa shape index (κ3) is 3.52. The van der Waals surface area contributed by atoms with Crippen LogP contribution in [0, 0.1) is 11.7 Å². The standard InChI is InChI=1S/C18H19Cl2FN4OS/c1-27(16-4-5-24-25-16)15(8-13(19)17(27)20)11-3-2-10(14(21)7-11)6-12(9-22)18(23)26/h2-5,7-8,12H,6,9,22H2,1H3,(H2,23,26)(H,24,25)/t12-/m0/s1. The fourth-order valence-corrected chi connectivity index (χ4v) is 6.80. The molecule has 5 N–H and O–H groups in total. The van der Waals surface area contributed by atoms with Gasteiger partial charge in [0, 0.05) is 17.6 Å². The number of allylic oxidation sites excluding steroid dienone is 2. The van der Waals surface area contributed by atoms with Crippen LogP contribution in [0.2, 0.25) is 0 Å². The second kappa shape index (κ2) is 7.67. The van der Waals surface area contributed by atoms with Crippen LogP contribution in [-0.2, 0) is 11.2 Å². The van der Waals surface area contributed by atoms with E-state index in [1.807, 2.05) is 12.3 Å². The molecule has 2 aromatic rings. The highest BCUT2D eigenvalue weighted by atomic mass is 35.5. The van der Waals surface area contributed by atoms with Crippen molar-refractivity contribution >= 4 is 44.0 Å². The fourth-order valence-electron chi connectivity index (χ4n) is 3.02. The SMILES string of the molecule is CS1(c2ccn[nH]2)C(c2ccc(C[C@@H](CN)C(N)=O)c(F)c2)=CC(Cl)=C1Cl. The van der Waals surface area contributed by atoms with Crippen LogP contribution in [0.4, 0.5) is 4.39 Å². The number of hydrogen-bond donors (Lipinski definition) is 3. The number of benzene rings is 1. The van der Waals surface area contributed by atoms with Crippen molar-refractivity contribution in [2.75, 3.05) is 12.8 Å². The lowest BCUT2D eigenvalue weighted by Gasteiger charge is -2.33. The van der Waals surface area contributed by atoms with Crippen LogP contribution in [0.3, 0.4) is 0 Å². The zero-order valence-electron chi connectivity index (χ0n) is 14.5. The third-order valence-electron chi connectivity index (χ3n) is 4.65. The molecule has 1 aliphatic rings. The maximum atomic E-state index is 14.7. The number of nitrogens with zero attached hydrogens (tertiary/aromatic N) is 1. The lowest BCUT2D eigenvalue weighted by atomic mass is 9.97. The number of carbonyl (C=O) groups excluding carboxylic acids is 1. The zero-order chi connectivity index (χ0) is 19.8. The van der Waals surface area contributed by atoms with Crippen molar-refractivity contribution in [3.05, 3.63) is 62.9 Å². The lowest BCUT2D eigenvalue weighted by molar-refractivity contribution is -0.121. The van der Waals surface area contributed by atoms with E-state index in [1.54, 1.807) is 24.4 Å². The molecule has 27 heavy (non-hydrogen) atoms. The average Bonchev–Trinajstić information content (AvgIpc) is 3.25. The first-order valence-corrected chi connectivity index (χ1v) is 10.9. The fraction of sp³-hybridized carbons (Fsp3) is 0.222. The van der Waals surface area contributed by atoms with E-state index in [0.717, 1.165) is 9.93 Å². The number of carbonyl (C=O) groups is 1.